The van der Waals surface area contributed by atoms with Crippen molar-refractivity contribution in [2.45, 2.75) is 18.9 Å². The molecular formula is C25H21F2N7O. The first-order valence-electron chi connectivity index (χ1n) is 11.2. The smallest absolute Gasteiger partial charge is 0.183 e. The van der Waals surface area contributed by atoms with Crippen molar-refractivity contribution in [3.63, 3.8) is 0 Å². The second kappa shape index (κ2) is 8.46. The highest BCUT2D eigenvalue weighted by Gasteiger charge is 2.30. The minimum atomic E-state index is -0.449. The van der Waals surface area contributed by atoms with E-state index in [0.717, 1.165) is 30.0 Å². The Morgan fingerprint density at radius 2 is 1.97 bits per heavy atom. The molecule has 0 N–H and O–H groups in total. The third kappa shape index (κ3) is 3.67. The predicted octanol–water partition coefficient (Wildman–Crippen LogP) is 4.61. The first-order valence-corrected chi connectivity index (χ1v) is 11.2. The molecule has 0 bridgehead atoms. The van der Waals surface area contributed by atoms with Crippen molar-refractivity contribution in [3.8, 4) is 22.6 Å². The number of methoxy groups -OCH3 is 1. The standard InChI is InChI=1S/C25H21F2N7O/c1-35-23-14-28-8-6-18(23)16-12-29-34(15-16)22-13-30-33-10-7-24(31-25(22)33)32-9-2-3-21(32)19-11-17(26)4-5-20(19)27/h4-8,10-15,21H,2-3,9H2,1H3/t21-/m0/s1. The van der Waals surface area contributed by atoms with Crippen LogP contribution in [-0.2, 0) is 0 Å². The first-order chi connectivity index (χ1) is 17.1. The summed E-state index contributed by atoms with van der Waals surface area (Å²) < 4.78 is 37.2. The van der Waals surface area contributed by atoms with E-state index < -0.39 is 11.6 Å². The fourth-order valence-corrected chi connectivity index (χ4v) is 4.68. The third-order valence-electron chi connectivity index (χ3n) is 6.34. The highest BCUT2D eigenvalue weighted by molar-refractivity contribution is 5.70. The summed E-state index contributed by atoms with van der Waals surface area (Å²) in [5.74, 6) is 0.464. The van der Waals surface area contributed by atoms with E-state index in [-0.39, 0.29) is 6.04 Å². The lowest BCUT2D eigenvalue weighted by Crippen LogP contribution is -2.24. The molecule has 1 fully saturated rings. The van der Waals surface area contributed by atoms with Gasteiger partial charge in [-0.25, -0.2) is 23.0 Å². The molecule has 1 atom stereocenters. The lowest BCUT2D eigenvalue weighted by Gasteiger charge is -2.26. The van der Waals surface area contributed by atoms with Gasteiger partial charge in [0, 0.05) is 41.8 Å². The van der Waals surface area contributed by atoms with Gasteiger partial charge in [-0.2, -0.15) is 10.2 Å². The van der Waals surface area contributed by atoms with E-state index in [1.54, 1.807) is 41.1 Å². The molecule has 35 heavy (non-hydrogen) atoms. The summed E-state index contributed by atoms with van der Waals surface area (Å²) in [7, 11) is 1.60. The maximum atomic E-state index is 14.5. The van der Waals surface area contributed by atoms with E-state index in [9.17, 15) is 8.78 Å². The number of anilines is 1. The number of benzene rings is 1. The van der Waals surface area contributed by atoms with E-state index >= 15 is 0 Å². The van der Waals surface area contributed by atoms with Crippen LogP contribution < -0.4 is 9.64 Å². The van der Waals surface area contributed by atoms with Gasteiger partial charge in [-0.1, -0.05) is 0 Å². The minimum absolute atomic E-state index is 0.289. The molecule has 1 aromatic carbocycles. The molecular weight excluding hydrogens is 452 g/mol. The summed E-state index contributed by atoms with van der Waals surface area (Å²) in [5, 5.41) is 8.93. The Morgan fingerprint density at radius 1 is 1.06 bits per heavy atom. The van der Waals surface area contributed by atoms with Gasteiger partial charge in [-0.3, -0.25) is 4.98 Å². The van der Waals surface area contributed by atoms with Crippen LogP contribution in [0.15, 0.2) is 67.5 Å². The van der Waals surface area contributed by atoms with Crippen LogP contribution in [0.3, 0.4) is 0 Å². The molecule has 5 heterocycles. The van der Waals surface area contributed by atoms with Crippen molar-refractivity contribution in [1.29, 1.82) is 0 Å². The van der Waals surface area contributed by atoms with Crippen molar-refractivity contribution in [2.75, 3.05) is 18.6 Å². The summed E-state index contributed by atoms with van der Waals surface area (Å²) in [6.07, 6.45) is 12.1. The quantitative estimate of drug-likeness (QED) is 0.371. The summed E-state index contributed by atoms with van der Waals surface area (Å²) in [5.41, 5.74) is 3.38. The summed E-state index contributed by atoms with van der Waals surface area (Å²) in [6, 6.07) is 7.02. The zero-order valence-corrected chi connectivity index (χ0v) is 18.8. The molecule has 1 aliphatic rings. The SMILES string of the molecule is COc1cnccc1-c1cnn(-c2cnn3ccc(N4CCC[C@H]4c4cc(F)ccc4F)nc23)c1. The van der Waals surface area contributed by atoms with Gasteiger partial charge in [0.05, 0.1) is 31.7 Å². The minimum Gasteiger partial charge on any atom is -0.494 e. The number of aromatic nitrogens is 6. The lowest BCUT2D eigenvalue weighted by molar-refractivity contribution is 0.414. The Morgan fingerprint density at radius 3 is 2.86 bits per heavy atom. The van der Waals surface area contributed by atoms with Gasteiger partial charge in [0.1, 0.15) is 28.9 Å². The van der Waals surface area contributed by atoms with E-state index in [1.807, 2.05) is 29.4 Å². The Kier molecular flexibility index (Phi) is 5.13. The largest absolute Gasteiger partial charge is 0.494 e. The molecule has 1 aliphatic heterocycles. The van der Waals surface area contributed by atoms with Crippen molar-refractivity contribution < 1.29 is 13.5 Å². The molecule has 0 unspecified atom stereocenters. The average molecular weight is 473 g/mol. The summed E-state index contributed by atoms with van der Waals surface area (Å²) in [6.45, 7) is 0.695. The monoisotopic (exact) mass is 473 g/mol. The van der Waals surface area contributed by atoms with Crippen LogP contribution in [0.25, 0.3) is 22.5 Å². The number of pyridine rings is 1. The number of nitrogens with zero attached hydrogens (tertiary/aromatic N) is 7. The lowest BCUT2D eigenvalue weighted by atomic mass is 10.0. The molecule has 6 rings (SSSR count). The van der Waals surface area contributed by atoms with Gasteiger partial charge in [0.2, 0.25) is 0 Å². The molecule has 0 amide bonds. The number of hydrogen-bond acceptors (Lipinski definition) is 6. The van der Waals surface area contributed by atoms with Crippen molar-refractivity contribution in [2.24, 2.45) is 0 Å². The molecule has 0 spiro atoms. The van der Waals surface area contributed by atoms with Crippen LogP contribution in [0, 0.1) is 11.6 Å². The zero-order valence-electron chi connectivity index (χ0n) is 18.8. The Labute approximate surface area is 199 Å². The third-order valence-corrected chi connectivity index (χ3v) is 6.34. The average Bonchev–Trinajstić information content (AvgIpc) is 3.64. The van der Waals surface area contributed by atoms with E-state index in [1.165, 1.54) is 12.1 Å². The van der Waals surface area contributed by atoms with Crippen LogP contribution in [0.5, 0.6) is 5.75 Å². The molecule has 5 aromatic rings. The Balaban J connectivity index is 1.38. The molecule has 10 heteroatoms. The van der Waals surface area contributed by atoms with Crippen molar-refractivity contribution in [1.82, 2.24) is 29.4 Å². The van der Waals surface area contributed by atoms with Crippen molar-refractivity contribution >= 4 is 11.5 Å². The van der Waals surface area contributed by atoms with Crippen LogP contribution >= 0.6 is 0 Å². The highest BCUT2D eigenvalue weighted by Crippen LogP contribution is 2.37. The fourth-order valence-electron chi connectivity index (χ4n) is 4.68. The number of halogens is 2. The first kappa shape index (κ1) is 21.2. The topological polar surface area (TPSA) is 73.4 Å². The van der Waals surface area contributed by atoms with Gasteiger partial charge in [0.15, 0.2) is 5.65 Å². The van der Waals surface area contributed by atoms with Crippen LogP contribution in [0.2, 0.25) is 0 Å². The summed E-state index contributed by atoms with van der Waals surface area (Å²) in [4.78, 5) is 11.0. The fraction of sp³-hybridized carbons (Fsp3) is 0.200. The molecule has 4 aromatic heterocycles. The van der Waals surface area contributed by atoms with Gasteiger partial charge >= 0.3 is 0 Å². The predicted molar refractivity (Wildman–Crippen MR) is 126 cm³/mol. The van der Waals surface area contributed by atoms with Gasteiger partial charge in [-0.05, 0) is 43.2 Å². The Hall–Kier alpha value is -4.34. The number of rotatable bonds is 5. The zero-order chi connectivity index (χ0) is 23.9. The van der Waals surface area contributed by atoms with E-state index in [4.69, 9.17) is 9.72 Å². The van der Waals surface area contributed by atoms with Gasteiger partial charge in [-0.15, -0.1) is 0 Å². The second-order valence-electron chi connectivity index (χ2n) is 8.35. The van der Waals surface area contributed by atoms with Crippen LogP contribution in [0.1, 0.15) is 24.4 Å². The molecule has 1 saturated heterocycles. The normalized spacial score (nSPS) is 15.7. The van der Waals surface area contributed by atoms with E-state index in [2.05, 4.69) is 15.2 Å². The van der Waals surface area contributed by atoms with Gasteiger partial charge < -0.3 is 9.64 Å². The Bertz CT molecular complexity index is 1530. The van der Waals surface area contributed by atoms with Crippen LogP contribution in [-0.4, -0.2) is 43.0 Å². The van der Waals surface area contributed by atoms with Crippen molar-refractivity contribution in [3.05, 3.63) is 84.7 Å². The van der Waals surface area contributed by atoms with Gasteiger partial charge in [0.25, 0.3) is 0 Å². The molecule has 0 radical (unpaired) electrons. The molecule has 8 nitrogen and oxygen atoms in total. The molecule has 0 saturated carbocycles. The molecule has 0 aliphatic carbocycles. The second-order valence-corrected chi connectivity index (χ2v) is 8.35. The summed E-state index contributed by atoms with van der Waals surface area (Å²) >= 11 is 0. The maximum Gasteiger partial charge on any atom is 0.183 e. The maximum absolute atomic E-state index is 14.5. The number of hydrogen-bond donors (Lipinski definition) is 0. The highest BCUT2D eigenvalue weighted by atomic mass is 19.1. The van der Waals surface area contributed by atoms with Crippen LogP contribution in [0.4, 0.5) is 14.6 Å². The van der Waals surface area contributed by atoms with E-state index in [0.29, 0.717) is 35.0 Å². The molecule has 176 valence electrons. The number of fused-ring (bicyclic) bond motifs is 1. The number of ether oxygens (including phenoxy) is 1.